The van der Waals surface area contributed by atoms with Crippen molar-refractivity contribution in [3.63, 3.8) is 0 Å². The third kappa shape index (κ3) is 6.24. The number of hydrogen-bond donors (Lipinski definition) is 1. The second-order valence-corrected chi connectivity index (χ2v) is 9.14. The molecule has 146 valence electrons. The standard InChI is InChI=1S/C19H23ClN2O3S2/c1-3-22(4-2)27(24,25)18-7-5-6-17(12-18)21-19(23)14-26-13-15-8-10-16(20)11-9-15/h5-12H,3-4,13-14H2,1-2H3,(H,21,23). The first-order chi connectivity index (χ1) is 12.9. The van der Waals surface area contributed by atoms with Crippen LogP contribution in [-0.2, 0) is 20.6 Å². The molecule has 2 rings (SSSR count). The van der Waals surface area contributed by atoms with Gasteiger partial charge in [-0.3, -0.25) is 4.79 Å². The maximum atomic E-state index is 12.6. The number of thioether (sulfide) groups is 1. The van der Waals surface area contributed by atoms with Crippen LogP contribution in [-0.4, -0.2) is 37.5 Å². The van der Waals surface area contributed by atoms with Crippen molar-refractivity contribution in [2.24, 2.45) is 0 Å². The van der Waals surface area contributed by atoms with Crippen molar-refractivity contribution in [1.29, 1.82) is 0 Å². The van der Waals surface area contributed by atoms with E-state index in [1.165, 1.54) is 22.1 Å². The summed E-state index contributed by atoms with van der Waals surface area (Å²) in [5.74, 6) is 0.794. The van der Waals surface area contributed by atoms with Crippen molar-refractivity contribution in [3.05, 3.63) is 59.1 Å². The van der Waals surface area contributed by atoms with Crippen LogP contribution in [0, 0.1) is 0 Å². The van der Waals surface area contributed by atoms with E-state index in [1.807, 2.05) is 24.3 Å². The zero-order chi connectivity index (χ0) is 19.9. The van der Waals surface area contributed by atoms with Gasteiger partial charge in [-0.15, -0.1) is 11.8 Å². The summed E-state index contributed by atoms with van der Waals surface area (Å²) >= 11 is 7.33. The highest BCUT2D eigenvalue weighted by atomic mass is 35.5. The number of nitrogens with one attached hydrogen (secondary N) is 1. The van der Waals surface area contributed by atoms with Gasteiger partial charge in [-0.1, -0.05) is 43.6 Å². The molecule has 0 spiro atoms. The Labute approximate surface area is 170 Å². The molecule has 8 heteroatoms. The minimum absolute atomic E-state index is 0.175. The first-order valence-electron chi connectivity index (χ1n) is 8.59. The molecule has 5 nitrogen and oxygen atoms in total. The van der Waals surface area contributed by atoms with Crippen LogP contribution in [0.5, 0.6) is 0 Å². The third-order valence-corrected chi connectivity index (χ3v) is 7.18. The Hall–Kier alpha value is -1.54. The number of benzene rings is 2. The summed E-state index contributed by atoms with van der Waals surface area (Å²) in [6.45, 7) is 4.39. The Morgan fingerprint density at radius 2 is 1.78 bits per heavy atom. The summed E-state index contributed by atoms with van der Waals surface area (Å²) < 4.78 is 26.6. The molecule has 0 fully saturated rings. The van der Waals surface area contributed by atoms with E-state index in [1.54, 1.807) is 32.0 Å². The van der Waals surface area contributed by atoms with Gasteiger partial charge in [-0.2, -0.15) is 4.31 Å². The minimum atomic E-state index is -3.55. The smallest absolute Gasteiger partial charge is 0.243 e. The van der Waals surface area contributed by atoms with Gasteiger partial charge in [0, 0.05) is 29.6 Å². The molecule has 0 bridgehead atoms. The lowest BCUT2D eigenvalue weighted by Crippen LogP contribution is -2.30. The largest absolute Gasteiger partial charge is 0.325 e. The summed E-state index contributed by atoms with van der Waals surface area (Å²) in [5, 5.41) is 3.44. The highest BCUT2D eigenvalue weighted by Crippen LogP contribution is 2.20. The maximum Gasteiger partial charge on any atom is 0.243 e. The summed E-state index contributed by atoms with van der Waals surface area (Å²) in [6.07, 6.45) is 0. The molecule has 0 unspecified atom stereocenters. The van der Waals surface area contributed by atoms with Crippen LogP contribution in [0.1, 0.15) is 19.4 Å². The number of hydrogen-bond acceptors (Lipinski definition) is 4. The van der Waals surface area contributed by atoms with Gasteiger partial charge in [0.25, 0.3) is 0 Å². The van der Waals surface area contributed by atoms with Crippen molar-refractivity contribution in [2.75, 3.05) is 24.2 Å². The van der Waals surface area contributed by atoms with Crippen LogP contribution >= 0.6 is 23.4 Å². The van der Waals surface area contributed by atoms with Gasteiger partial charge in [0.05, 0.1) is 10.6 Å². The van der Waals surface area contributed by atoms with Gasteiger partial charge < -0.3 is 5.32 Å². The number of nitrogens with zero attached hydrogens (tertiary/aromatic N) is 1. The zero-order valence-electron chi connectivity index (χ0n) is 15.3. The van der Waals surface area contributed by atoms with E-state index in [0.29, 0.717) is 29.6 Å². The fraction of sp³-hybridized carbons (Fsp3) is 0.316. The van der Waals surface area contributed by atoms with E-state index >= 15 is 0 Å². The number of rotatable bonds is 9. The Morgan fingerprint density at radius 1 is 1.11 bits per heavy atom. The lowest BCUT2D eigenvalue weighted by Gasteiger charge is -2.18. The van der Waals surface area contributed by atoms with E-state index in [9.17, 15) is 13.2 Å². The molecule has 1 amide bonds. The molecule has 0 aliphatic rings. The fourth-order valence-corrected chi connectivity index (χ4v) is 4.90. The van der Waals surface area contributed by atoms with Gasteiger partial charge in [0.15, 0.2) is 0 Å². The molecule has 0 radical (unpaired) electrons. The van der Waals surface area contributed by atoms with Crippen molar-refractivity contribution >= 4 is 45.0 Å². The number of amides is 1. The average molecular weight is 427 g/mol. The molecule has 0 aliphatic heterocycles. The van der Waals surface area contributed by atoms with E-state index in [4.69, 9.17) is 11.6 Å². The molecule has 1 N–H and O–H groups in total. The van der Waals surface area contributed by atoms with Gasteiger partial charge >= 0.3 is 0 Å². The van der Waals surface area contributed by atoms with Crippen LogP contribution in [0.4, 0.5) is 5.69 Å². The van der Waals surface area contributed by atoms with Crippen LogP contribution < -0.4 is 5.32 Å². The van der Waals surface area contributed by atoms with Gasteiger partial charge in [0.2, 0.25) is 15.9 Å². The normalized spacial score (nSPS) is 11.6. The quantitative estimate of drug-likeness (QED) is 0.651. The summed E-state index contributed by atoms with van der Waals surface area (Å²) in [6, 6.07) is 13.8. The van der Waals surface area contributed by atoms with Crippen LogP contribution in [0.2, 0.25) is 5.02 Å². The van der Waals surface area contributed by atoms with E-state index in [-0.39, 0.29) is 16.6 Å². The Morgan fingerprint density at radius 3 is 2.41 bits per heavy atom. The molecule has 0 atom stereocenters. The Balaban J connectivity index is 1.95. The minimum Gasteiger partial charge on any atom is -0.325 e. The van der Waals surface area contributed by atoms with E-state index in [0.717, 1.165) is 5.56 Å². The fourth-order valence-electron chi connectivity index (χ4n) is 2.49. The first kappa shape index (κ1) is 21.8. The van der Waals surface area contributed by atoms with E-state index < -0.39 is 10.0 Å². The number of carbonyl (C=O) groups is 1. The number of sulfonamides is 1. The Kier molecular flexibility index (Phi) is 8.16. The number of carbonyl (C=O) groups excluding carboxylic acids is 1. The van der Waals surface area contributed by atoms with Crippen molar-refractivity contribution in [3.8, 4) is 0 Å². The molecule has 0 saturated heterocycles. The maximum absolute atomic E-state index is 12.6. The molecular formula is C19H23ClN2O3S2. The third-order valence-electron chi connectivity index (χ3n) is 3.88. The topological polar surface area (TPSA) is 66.5 Å². The Bertz CT molecular complexity index is 867. The lowest BCUT2D eigenvalue weighted by atomic mass is 10.2. The van der Waals surface area contributed by atoms with Gasteiger partial charge in [-0.05, 0) is 35.9 Å². The molecule has 0 aliphatic carbocycles. The first-order valence-corrected chi connectivity index (χ1v) is 11.6. The van der Waals surface area contributed by atoms with Gasteiger partial charge in [-0.25, -0.2) is 8.42 Å². The summed E-state index contributed by atoms with van der Waals surface area (Å²) in [7, 11) is -3.55. The van der Waals surface area contributed by atoms with Crippen LogP contribution in [0.25, 0.3) is 0 Å². The van der Waals surface area contributed by atoms with Crippen molar-refractivity contribution in [1.82, 2.24) is 4.31 Å². The molecule has 2 aromatic carbocycles. The zero-order valence-corrected chi connectivity index (χ0v) is 17.7. The SMILES string of the molecule is CCN(CC)S(=O)(=O)c1cccc(NC(=O)CSCc2ccc(Cl)cc2)c1. The average Bonchev–Trinajstić information content (AvgIpc) is 2.64. The second-order valence-electron chi connectivity index (χ2n) is 5.78. The molecule has 0 saturated carbocycles. The van der Waals surface area contributed by atoms with Crippen molar-refractivity contribution < 1.29 is 13.2 Å². The predicted octanol–water partition coefficient (Wildman–Crippen LogP) is 4.24. The van der Waals surface area contributed by atoms with Crippen molar-refractivity contribution in [2.45, 2.75) is 24.5 Å². The van der Waals surface area contributed by atoms with Gasteiger partial charge in [0.1, 0.15) is 0 Å². The predicted molar refractivity (Wildman–Crippen MR) is 113 cm³/mol. The molecule has 0 heterocycles. The monoisotopic (exact) mass is 426 g/mol. The van der Waals surface area contributed by atoms with Crippen LogP contribution in [0.15, 0.2) is 53.4 Å². The molecule has 0 aromatic heterocycles. The van der Waals surface area contributed by atoms with E-state index in [2.05, 4.69) is 5.32 Å². The highest BCUT2D eigenvalue weighted by Gasteiger charge is 2.21. The van der Waals surface area contributed by atoms with Crippen LogP contribution in [0.3, 0.4) is 0 Å². The lowest BCUT2D eigenvalue weighted by molar-refractivity contribution is -0.113. The molecule has 2 aromatic rings. The summed E-state index contributed by atoms with van der Waals surface area (Å²) in [5.41, 5.74) is 1.56. The molecule has 27 heavy (non-hydrogen) atoms. The highest BCUT2D eigenvalue weighted by molar-refractivity contribution is 7.99. The molecular weight excluding hydrogens is 404 g/mol. The number of anilines is 1. The second kappa shape index (κ2) is 10.1. The summed E-state index contributed by atoms with van der Waals surface area (Å²) in [4.78, 5) is 12.3. The number of halogens is 1.